The third-order valence-corrected chi connectivity index (χ3v) is 3.99. The number of nitrogens with one attached hydrogen (secondary N) is 1. The van der Waals surface area contributed by atoms with Gasteiger partial charge in [-0.1, -0.05) is 18.7 Å². The number of ether oxygens (including phenoxy) is 1. The maximum Gasteiger partial charge on any atom is 0.255 e. The number of rotatable bonds is 6. The molecule has 0 aromatic heterocycles. The molecule has 2 amide bonds. The highest BCUT2D eigenvalue weighted by Crippen LogP contribution is 2.20. The van der Waals surface area contributed by atoms with E-state index in [9.17, 15) is 9.59 Å². The summed E-state index contributed by atoms with van der Waals surface area (Å²) in [6.07, 6.45) is 1.20. The highest BCUT2D eigenvalue weighted by atomic mass is 16.5. The SMILES string of the molecule is C=CC(=O)N(C)c1ccc(C(=O)Nc2cccc(C(C)OC)c2)cc1. The van der Waals surface area contributed by atoms with Gasteiger partial charge in [0.1, 0.15) is 0 Å². The van der Waals surface area contributed by atoms with Crippen LogP contribution in [0.2, 0.25) is 0 Å². The van der Waals surface area contributed by atoms with Crippen molar-refractivity contribution < 1.29 is 14.3 Å². The van der Waals surface area contributed by atoms with E-state index in [0.717, 1.165) is 5.56 Å². The summed E-state index contributed by atoms with van der Waals surface area (Å²) in [4.78, 5) is 25.5. The lowest BCUT2D eigenvalue weighted by Crippen LogP contribution is -2.23. The molecule has 1 atom stereocenters. The first kappa shape index (κ1) is 18.4. The first-order chi connectivity index (χ1) is 12.0. The van der Waals surface area contributed by atoms with Gasteiger partial charge in [0.25, 0.3) is 5.91 Å². The average molecular weight is 338 g/mol. The maximum absolute atomic E-state index is 12.4. The zero-order valence-electron chi connectivity index (χ0n) is 14.7. The number of nitrogens with zero attached hydrogens (tertiary/aromatic N) is 1. The Hall–Kier alpha value is -2.92. The number of carbonyl (C=O) groups excluding carboxylic acids is 2. The summed E-state index contributed by atoms with van der Waals surface area (Å²) in [5.74, 6) is -0.423. The third-order valence-electron chi connectivity index (χ3n) is 3.99. The Labute approximate surface area is 147 Å². The minimum atomic E-state index is -0.216. The molecule has 0 aliphatic carbocycles. The fourth-order valence-corrected chi connectivity index (χ4v) is 2.31. The molecule has 1 unspecified atom stereocenters. The molecule has 5 heteroatoms. The van der Waals surface area contributed by atoms with Crippen LogP contribution in [0.25, 0.3) is 0 Å². The van der Waals surface area contributed by atoms with Crippen molar-refractivity contribution in [3.8, 4) is 0 Å². The molecule has 0 saturated heterocycles. The van der Waals surface area contributed by atoms with E-state index in [4.69, 9.17) is 4.74 Å². The van der Waals surface area contributed by atoms with E-state index in [1.807, 2.05) is 31.2 Å². The van der Waals surface area contributed by atoms with E-state index in [2.05, 4.69) is 11.9 Å². The Balaban J connectivity index is 2.11. The van der Waals surface area contributed by atoms with Crippen LogP contribution in [0, 0.1) is 0 Å². The van der Waals surface area contributed by atoms with Gasteiger partial charge in [0, 0.05) is 31.1 Å². The van der Waals surface area contributed by atoms with Crippen LogP contribution in [-0.4, -0.2) is 26.0 Å². The second-order valence-corrected chi connectivity index (χ2v) is 5.61. The Morgan fingerprint density at radius 2 is 1.88 bits per heavy atom. The average Bonchev–Trinajstić information content (AvgIpc) is 2.66. The zero-order valence-corrected chi connectivity index (χ0v) is 14.7. The lowest BCUT2D eigenvalue weighted by molar-refractivity contribution is -0.113. The van der Waals surface area contributed by atoms with Gasteiger partial charge >= 0.3 is 0 Å². The lowest BCUT2D eigenvalue weighted by Gasteiger charge is -2.15. The van der Waals surface area contributed by atoms with Gasteiger partial charge in [-0.05, 0) is 55.0 Å². The molecular weight excluding hydrogens is 316 g/mol. The van der Waals surface area contributed by atoms with Gasteiger partial charge in [-0.2, -0.15) is 0 Å². The van der Waals surface area contributed by atoms with E-state index >= 15 is 0 Å². The fraction of sp³-hybridized carbons (Fsp3) is 0.200. The van der Waals surface area contributed by atoms with Crippen LogP contribution in [0.4, 0.5) is 11.4 Å². The van der Waals surface area contributed by atoms with Gasteiger partial charge in [-0.15, -0.1) is 0 Å². The molecule has 5 nitrogen and oxygen atoms in total. The van der Waals surface area contributed by atoms with Crippen LogP contribution < -0.4 is 10.2 Å². The van der Waals surface area contributed by atoms with Crippen molar-refractivity contribution in [2.75, 3.05) is 24.4 Å². The number of likely N-dealkylation sites (N-methyl/N-ethyl adjacent to an activating group) is 1. The first-order valence-electron chi connectivity index (χ1n) is 7.90. The molecule has 1 N–H and O–H groups in total. The monoisotopic (exact) mass is 338 g/mol. The van der Waals surface area contributed by atoms with Crippen molar-refractivity contribution in [3.05, 3.63) is 72.3 Å². The van der Waals surface area contributed by atoms with Crippen LogP contribution >= 0.6 is 0 Å². The molecule has 0 radical (unpaired) electrons. The smallest absolute Gasteiger partial charge is 0.255 e. The number of methoxy groups -OCH3 is 1. The van der Waals surface area contributed by atoms with Crippen molar-refractivity contribution in [2.24, 2.45) is 0 Å². The molecule has 0 bridgehead atoms. The Bertz CT molecular complexity index is 769. The molecule has 2 aromatic rings. The molecule has 25 heavy (non-hydrogen) atoms. The Morgan fingerprint density at radius 1 is 1.20 bits per heavy atom. The second kappa shape index (κ2) is 8.26. The van der Waals surface area contributed by atoms with Gasteiger partial charge < -0.3 is 15.0 Å². The summed E-state index contributed by atoms with van der Waals surface area (Å²) in [7, 11) is 3.30. The lowest BCUT2D eigenvalue weighted by atomic mass is 10.1. The summed E-state index contributed by atoms with van der Waals surface area (Å²) >= 11 is 0. The van der Waals surface area contributed by atoms with Crippen LogP contribution in [0.1, 0.15) is 28.9 Å². The summed E-state index contributed by atoms with van der Waals surface area (Å²) < 4.78 is 5.29. The quantitative estimate of drug-likeness (QED) is 0.815. The van der Waals surface area contributed by atoms with Gasteiger partial charge in [0.2, 0.25) is 5.91 Å². The van der Waals surface area contributed by atoms with E-state index in [0.29, 0.717) is 16.9 Å². The zero-order chi connectivity index (χ0) is 18.4. The van der Waals surface area contributed by atoms with Crippen molar-refractivity contribution in [1.29, 1.82) is 0 Å². The molecule has 2 aromatic carbocycles. The highest BCUT2D eigenvalue weighted by molar-refractivity contribution is 6.05. The molecule has 0 aliphatic heterocycles. The van der Waals surface area contributed by atoms with Crippen LogP contribution in [-0.2, 0) is 9.53 Å². The molecular formula is C20H22N2O3. The van der Waals surface area contributed by atoms with Crippen molar-refractivity contribution in [1.82, 2.24) is 0 Å². The predicted molar refractivity (Wildman–Crippen MR) is 99.9 cm³/mol. The molecule has 2 rings (SSSR count). The molecule has 0 fully saturated rings. The predicted octanol–water partition coefficient (Wildman–Crippen LogP) is 3.80. The maximum atomic E-state index is 12.4. The van der Waals surface area contributed by atoms with Gasteiger partial charge in [0.15, 0.2) is 0 Å². The second-order valence-electron chi connectivity index (χ2n) is 5.61. The third kappa shape index (κ3) is 4.55. The minimum absolute atomic E-state index is 0.0472. The fourth-order valence-electron chi connectivity index (χ4n) is 2.31. The number of hydrogen-bond donors (Lipinski definition) is 1. The minimum Gasteiger partial charge on any atom is -0.377 e. The van der Waals surface area contributed by atoms with E-state index in [1.54, 1.807) is 38.4 Å². The van der Waals surface area contributed by atoms with Crippen molar-refractivity contribution >= 4 is 23.2 Å². The molecule has 130 valence electrons. The Morgan fingerprint density at radius 3 is 2.48 bits per heavy atom. The summed E-state index contributed by atoms with van der Waals surface area (Å²) in [5, 5.41) is 2.87. The number of hydrogen-bond acceptors (Lipinski definition) is 3. The standard InChI is InChI=1S/C20H22N2O3/c1-5-19(23)22(3)18-11-9-15(10-12-18)20(24)21-17-8-6-7-16(13-17)14(2)25-4/h5-14H,1H2,2-4H3,(H,21,24). The Kier molecular flexibility index (Phi) is 6.08. The first-order valence-corrected chi connectivity index (χ1v) is 7.90. The molecule has 0 spiro atoms. The number of anilines is 2. The highest BCUT2D eigenvalue weighted by Gasteiger charge is 2.11. The van der Waals surface area contributed by atoms with E-state index in [-0.39, 0.29) is 17.9 Å². The van der Waals surface area contributed by atoms with Crippen LogP contribution in [0.15, 0.2) is 61.2 Å². The topological polar surface area (TPSA) is 58.6 Å². The molecule has 0 heterocycles. The van der Waals surface area contributed by atoms with Gasteiger partial charge in [-0.3, -0.25) is 9.59 Å². The van der Waals surface area contributed by atoms with E-state index < -0.39 is 0 Å². The summed E-state index contributed by atoms with van der Waals surface area (Å²) in [5.41, 5.74) is 2.89. The van der Waals surface area contributed by atoms with Gasteiger partial charge in [0.05, 0.1) is 6.10 Å². The summed E-state index contributed by atoms with van der Waals surface area (Å²) in [6.45, 7) is 5.41. The largest absolute Gasteiger partial charge is 0.377 e. The molecule has 0 aliphatic rings. The van der Waals surface area contributed by atoms with Crippen LogP contribution in [0.5, 0.6) is 0 Å². The summed E-state index contributed by atoms with van der Waals surface area (Å²) in [6, 6.07) is 14.3. The van der Waals surface area contributed by atoms with Crippen LogP contribution in [0.3, 0.4) is 0 Å². The van der Waals surface area contributed by atoms with Crippen molar-refractivity contribution in [3.63, 3.8) is 0 Å². The van der Waals surface area contributed by atoms with Gasteiger partial charge in [-0.25, -0.2) is 0 Å². The van der Waals surface area contributed by atoms with Crippen molar-refractivity contribution in [2.45, 2.75) is 13.0 Å². The normalized spacial score (nSPS) is 11.5. The number of benzene rings is 2. The number of amides is 2. The number of carbonyl (C=O) groups is 2. The van der Waals surface area contributed by atoms with E-state index in [1.165, 1.54) is 11.0 Å². The molecule has 0 saturated carbocycles.